The first-order valence-electron chi connectivity index (χ1n) is 4.73. The quantitative estimate of drug-likeness (QED) is 0.894. The van der Waals surface area contributed by atoms with Crippen LogP contribution in [0.4, 0.5) is 0 Å². The van der Waals surface area contributed by atoms with Crippen LogP contribution in [0.15, 0.2) is 27.4 Å². The van der Waals surface area contributed by atoms with Crippen LogP contribution < -0.4 is 5.32 Å². The molecular formula is C11H12BrNS2. The van der Waals surface area contributed by atoms with Crippen LogP contribution in [0.5, 0.6) is 0 Å². The first-order valence-corrected chi connectivity index (χ1v) is 7.22. The van der Waals surface area contributed by atoms with E-state index in [9.17, 15) is 0 Å². The van der Waals surface area contributed by atoms with Crippen molar-refractivity contribution in [2.24, 2.45) is 0 Å². The summed E-state index contributed by atoms with van der Waals surface area (Å²) in [5, 5.41) is 5.56. The average molecular weight is 302 g/mol. The molecule has 0 aliphatic heterocycles. The third-order valence-electron chi connectivity index (χ3n) is 2.09. The number of hydrogen-bond acceptors (Lipinski definition) is 3. The minimum Gasteiger partial charge on any atom is -0.307 e. The molecule has 1 N–H and O–H groups in total. The van der Waals surface area contributed by atoms with Gasteiger partial charge in [0.2, 0.25) is 0 Å². The van der Waals surface area contributed by atoms with Gasteiger partial charge in [-0.2, -0.15) is 0 Å². The van der Waals surface area contributed by atoms with Crippen molar-refractivity contribution in [3.8, 4) is 0 Å². The largest absolute Gasteiger partial charge is 0.307 e. The van der Waals surface area contributed by atoms with Crippen LogP contribution in [0.3, 0.4) is 0 Å². The predicted molar refractivity (Wildman–Crippen MR) is 71.6 cm³/mol. The molecule has 80 valence electrons. The minimum absolute atomic E-state index is 0.953. The van der Waals surface area contributed by atoms with Crippen molar-refractivity contribution >= 4 is 38.6 Å². The Morgan fingerprint density at radius 3 is 2.73 bits per heavy atom. The van der Waals surface area contributed by atoms with Crippen LogP contribution in [0.2, 0.25) is 0 Å². The van der Waals surface area contributed by atoms with E-state index < -0.39 is 0 Å². The molecule has 15 heavy (non-hydrogen) atoms. The van der Waals surface area contributed by atoms with Crippen molar-refractivity contribution in [3.05, 3.63) is 42.7 Å². The molecule has 0 aliphatic carbocycles. The molecular weight excluding hydrogens is 290 g/mol. The Hall–Kier alpha value is -0.160. The normalized spacial score (nSPS) is 10.8. The van der Waals surface area contributed by atoms with Gasteiger partial charge in [-0.25, -0.2) is 0 Å². The van der Waals surface area contributed by atoms with Crippen LogP contribution in [-0.4, -0.2) is 0 Å². The number of nitrogens with one attached hydrogen (secondary N) is 1. The van der Waals surface area contributed by atoms with Crippen molar-refractivity contribution in [1.29, 1.82) is 0 Å². The lowest BCUT2D eigenvalue weighted by molar-refractivity contribution is 0.709. The van der Waals surface area contributed by atoms with E-state index in [2.05, 4.69) is 51.7 Å². The maximum absolute atomic E-state index is 3.54. The Bertz CT molecular complexity index is 400. The topological polar surface area (TPSA) is 12.0 Å². The van der Waals surface area contributed by atoms with Crippen LogP contribution in [0, 0.1) is 6.92 Å². The van der Waals surface area contributed by atoms with Gasteiger partial charge >= 0.3 is 0 Å². The van der Waals surface area contributed by atoms with Gasteiger partial charge in [0.25, 0.3) is 0 Å². The summed E-state index contributed by atoms with van der Waals surface area (Å²) in [4.78, 5) is 2.78. The number of aryl methyl sites for hydroxylation is 1. The van der Waals surface area contributed by atoms with E-state index in [0.717, 1.165) is 13.1 Å². The van der Waals surface area contributed by atoms with Gasteiger partial charge < -0.3 is 5.32 Å². The van der Waals surface area contributed by atoms with E-state index in [1.54, 1.807) is 11.3 Å². The van der Waals surface area contributed by atoms with Crippen LogP contribution in [0.1, 0.15) is 15.3 Å². The summed E-state index contributed by atoms with van der Waals surface area (Å²) in [6, 6.07) is 6.48. The van der Waals surface area contributed by atoms with Crippen LogP contribution in [-0.2, 0) is 13.1 Å². The highest BCUT2D eigenvalue weighted by Crippen LogP contribution is 2.27. The fourth-order valence-corrected chi connectivity index (χ4v) is 3.61. The lowest BCUT2D eigenvalue weighted by atomic mass is 10.3. The Morgan fingerprint density at radius 2 is 2.13 bits per heavy atom. The minimum atomic E-state index is 0.953. The highest BCUT2D eigenvalue weighted by atomic mass is 79.9. The molecule has 2 heterocycles. The first-order chi connectivity index (χ1) is 7.25. The van der Waals surface area contributed by atoms with Crippen molar-refractivity contribution in [2.45, 2.75) is 20.0 Å². The molecule has 2 aromatic heterocycles. The second-order valence-corrected chi connectivity index (χ2v) is 6.84. The van der Waals surface area contributed by atoms with Crippen molar-refractivity contribution in [2.75, 3.05) is 0 Å². The monoisotopic (exact) mass is 301 g/mol. The molecule has 0 radical (unpaired) electrons. The molecule has 0 saturated heterocycles. The Morgan fingerprint density at radius 1 is 1.33 bits per heavy atom. The Balaban J connectivity index is 1.83. The molecule has 0 bridgehead atoms. The molecule has 0 aromatic carbocycles. The molecule has 2 rings (SSSR count). The van der Waals surface area contributed by atoms with E-state index in [4.69, 9.17) is 0 Å². The third-order valence-corrected chi connectivity index (χ3v) is 5.10. The van der Waals surface area contributed by atoms with Crippen LogP contribution >= 0.6 is 38.6 Å². The van der Waals surface area contributed by atoms with Crippen LogP contribution in [0.25, 0.3) is 0 Å². The Kier molecular flexibility index (Phi) is 3.97. The highest BCUT2D eigenvalue weighted by molar-refractivity contribution is 9.11. The number of halogens is 1. The van der Waals surface area contributed by atoms with Gasteiger partial charge in [-0.1, -0.05) is 6.07 Å². The maximum Gasteiger partial charge on any atom is 0.0730 e. The van der Waals surface area contributed by atoms with Gasteiger partial charge in [-0.3, -0.25) is 0 Å². The Labute approximate surface area is 106 Å². The summed E-state index contributed by atoms with van der Waals surface area (Å²) in [5.74, 6) is 0. The summed E-state index contributed by atoms with van der Waals surface area (Å²) in [5.41, 5.74) is 1.33. The number of rotatable bonds is 4. The smallest absolute Gasteiger partial charge is 0.0730 e. The van der Waals surface area contributed by atoms with Gasteiger partial charge in [0.15, 0.2) is 0 Å². The summed E-state index contributed by atoms with van der Waals surface area (Å²) in [6.07, 6.45) is 0. The second kappa shape index (κ2) is 5.25. The van der Waals surface area contributed by atoms with Crippen molar-refractivity contribution in [1.82, 2.24) is 5.32 Å². The van der Waals surface area contributed by atoms with Gasteiger partial charge in [0.05, 0.1) is 3.79 Å². The molecule has 0 aliphatic rings. The summed E-state index contributed by atoms with van der Waals surface area (Å²) in [6.45, 7) is 4.05. The second-order valence-electron chi connectivity index (χ2n) is 3.35. The molecule has 0 saturated carbocycles. The third kappa shape index (κ3) is 3.14. The lowest BCUT2D eigenvalue weighted by Crippen LogP contribution is -2.10. The van der Waals surface area contributed by atoms with E-state index in [0.29, 0.717) is 0 Å². The lowest BCUT2D eigenvalue weighted by Gasteiger charge is -1.99. The van der Waals surface area contributed by atoms with Crippen molar-refractivity contribution in [3.63, 3.8) is 0 Å². The molecule has 0 atom stereocenters. The van der Waals surface area contributed by atoms with Gasteiger partial charge in [0.1, 0.15) is 0 Å². The molecule has 0 unspecified atom stereocenters. The zero-order chi connectivity index (χ0) is 10.7. The molecule has 0 fully saturated rings. The average Bonchev–Trinajstić information content (AvgIpc) is 2.79. The van der Waals surface area contributed by atoms with E-state index >= 15 is 0 Å². The summed E-state index contributed by atoms with van der Waals surface area (Å²) in [7, 11) is 0. The molecule has 4 heteroatoms. The summed E-state index contributed by atoms with van der Waals surface area (Å²) >= 11 is 7.15. The zero-order valence-corrected chi connectivity index (χ0v) is 11.6. The fraction of sp³-hybridized carbons (Fsp3) is 0.273. The number of hydrogen-bond donors (Lipinski definition) is 1. The molecule has 0 amide bonds. The molecule has 0 spiro atoms. The fourth-order valence-electron chi connectivity index (χ4n) is 1.33. The van der Waals surface area contributed by atoms with Gasteiger partial charge in [0, 0.05) is 22.8 Å². The van der Waals surface area contributed by atoms with Gasteiger partial charge in [-0.05, 0) is 45.9 Å². The number of thiophene rings is 2. The zero-order valence-electron chi connectivity index (χ0n) is 8.42. The van der Waals surface area contributed by atoms with Gasteiger partial charge in [-0.15, -0.1) is 22.7 Å². The van der Waals surface area contributed by atoms with E-state index in [1.807, 2.05) is 11.3 Å². The van der Waals surface area contributed by atoms with Crippen molar-refractivity contribution < 1.29 is 0 Å². The molecule has 1 nitrogen and oxygen atoms in total. The SMILES string of the molecule is Cc1cc(CNCc2cccs2)sc1Br. The molecule has 2 aromatic rings. The predicted octanol–water partition coefficient (Wildman–Crippen LogP) is 4.17. The first kappa shape index (κ1) is 11.3. The highest BCUT2D eigenvalue weighted by Gasteiger charge is 2.02. The standard InChI is InChI=1S/C11H12BrNS2/c1-8-5-10(15-11(8)12)7-13-6-9-3-2-4-14-9/h2-5,13H,6-7H2,1H3. The summed E-state index contributed by atoms with van der Waals surface area (Å²) < 4.78 is 1.25. The maximum atomic E-state index is 3.54. The van der Waals surface area contributed by atoms with E-state index in [1.165, 1.54) is 19.1 Å². The van der Waals surface area contributed by atoms with E-state index in [-0.39, 0.29) is 0 Å².